The third-order valence-electron chi connectivity index (χ3n) is 4.48. The second kappa shape index (κ2) is 8.24. The van der Waals surface area contributed by atoms with Gasteiger partial charge >= 0.3 is 5.97 Å². The number of aromatic nitrogens is 4. The van der Waals surface area contributed by atoms with E-state index < -0.39 is 5.97 Å². The van der Waals surface area contributed by atoms with E-state index in [1.165, 1.54) is 0 Å². The third kappa shape index (κ3) is 3.74. The lowest BCUT2D eigenvalue weighted by Crippen LogP contribution is -2.11. The fraction of sp³-hybridized carbons (Fsp3) is 0.238. The number of fused-ring (bicyclic) bond motifs is 3. The van der Waals surface area contributed by atoms with Gasteiger partial charge in [-0.1, -0.05) is 0 Å². The quantitative estimate of drug-likeness (QED) is 0.481. The minimum atomic E-state index is -0.467. The summed E-state index contributed by atoms with van der Waals surface area (Å²) >= 11 is 0. The fourth-order valence-electron chi connectivity index (χ4n) is 3.26. The minimum Gasteiger partial charge on any atom is -0.487 e. The lowest BCUT2D eigenvalue weighted by atomic mass is 10.1. The summed E-state index contributed by atoms with van der Waals surface area (Å²) in [5.41, 5.74) is 3.40. The minimum absolute atomic E-state index is 0.232. The Morgan fingerprint density at radius 3 is 2.83 bits per heavy atom. The van der Waals surface area contributed by atoms with Crippen molar-refractivity contribution in [2.45, 2.75) is 20.1 Å². The highest BCUT2D eigenvalue weighted by Crippen LogP contribution is 2.32. The van der Waals surface area contributed by atoms with Crippen LogP contribution >= 0.6 is 0 Å². The van der Waals surface area contributed by atoms with Gasteiger partial charge in [0, 0.05) is 35.2 Å². The molecule has 29 heavy (non-hydrogen) atoms. The lowest BCUT2D eigenvalue weighted by Gasteiger charge is -2.09. The molecule has 0 saturated heterocycles. The van der Waals surface area contributed by atoms with E-state index in [9.17, 15) is 4.79 Å². The number of methoxy groups -OCH3 is 1. The van der Waals surface area contributed by atoms with E-state index in [1.54, 1.807) is 26.4 Å². The number of hydrogen-bond donors (Lipinski definition) is 1. The number of carbonyl (C=O) groups excluding carboxylic acids is 1. The van der Waals surface area contributed by atoms with Crippen molar-refractivity contribution >= 4 is 27.8 Å². The SMILES string of the molecule is CCOC(=O)c1ncc2[nH]c3ccc(OCc4cccnn4)cc3c2c1COC. The zero-order valence-electron chi connectivity index (χ0n) is 16.1. The van der Waals surface area contributed by atoms with Crippen molar-refractivity contribution in [2.75, 3.05) is 13.7 Å². The molecule has 0 atom stereocenters. The zero-order valence-corrected chi connectivity index (χ0v) is 16.1. The van der Waals surface area contributed by atoms with Gasteiger partial charge < -0.3 is 19.2 Å². The van der Waals surface area contributed by atoms with Crippen molar-refractivity contribution in [3.63, 3.8) is 0 Å². The molecule has 0 radical (unpaired) electrons. The first-order valence-corrected chi connectivity index (χ1v) is 9.20. The Balaban J connectivity index is 1.78. The van der Waals surface area contributed by atoms with Crippen molar-refractivity contribution < 1.29 is 19.0 Å². The molecule has 4 aromatic rings. The molecule has 8 heteroatoms. The summed E-state index contributed by atoms with van der Waals surface area (Å²) in [6.07, 6.45) is 3.26. The predicted octanol–water partition coefficient (Wildman–Crippen LogP) is 3.41. The van der Waals surface area contributed by atoms with Gasteiger partial charge in [0.2, 0.25) is 0 Å². The average Bonchev–Trinajstić information content (AvgIpc) is 3.12. The van der Waals surface area contributed by atoms with Crippen molar-refractivity contribution in [1.82, 2.24) is 20.2 Å². The van der Waals surface area contributed by atoms with Crippen molar-refractivity contribution in [1.29, 1.82) is 0 Å². The van der Waals surface area contributed by atoms with Crippen LogP contribution in [0.3, 0.4) is 0 Å². The molecule has 0 aliphatic carbocycles. The Kier molecular flexibility index (Phi) is 5.35. The molecule has 0 saturated carbocycles. The number of benzene rings is 1. The van der Waals surface area contributed by atoms with Gasteiger partial charge in [-0.25, -0.2) is 9.78 Å². The Morgan fingerprint density at radius 1 is 1.17 bits per heavy atom. The fourth-order valence-corrected chi connectivity index (χ4v) is 3.26. The molecule has 8 nitrogen and oxygen atoms in total. The van der Waals surface area contributed by atoms with Gasteiger partial charge in [0.25, 0.3) is 0 Å². The van der Waals surface area contributed by atoms with Crippen LogP contribution in [0, 0.1) is 0 Å². The highest BCUT2D eigenvalue weighted by molar-refractivity contribution is 6.11. The van der Waals surface area contributed by atoms with Crippen LogP contribution in [-0.4, -0.2) is 39.9 Å². The summed E-state index contributed by atoms with van der Waals surface area (Å²) in [7, 11) is 1.58. The second-order valence-electron chi connectivity index (χ2n) is 6.36. The van der Waals surface area contributed by atoms with Gasteiger partial charge in [-0.15, -0.1) is 0 Å². The number of nitrogens with zero attached hydrogens (tertiary/aromatic N) is 3. The van der Waals surface area contributed by atoms with Gasteiger partial charge in [0.05, 0.1) is 24.9 Å². The Labute approximate surface area is 166 Å². The maximum absolute atomic E-state index is 12.4. The van der Waals surface area contributed by atoms with E-state index in [4.69, 9.17) is 14.2 Å². The molecule has 3 heterocycles. The highest BCUT2D eigenvalue weighted by Gasteiger charge is 2.20. The summed E-state index contributed by atoms with van der Waals surface area (Å²) in [4.78, 5) is 20.0. The molecule has 4 rings (SSSR count). The molecule has 0 aliphatic heterocycles. The van der Waals surface area contributed by atoms with Crippen LogP contribution < -0.4 is 4.74 Å². The zero-order chi connectivity index (χ0) is 20.2. The second-order valence-corrected chi connectivity index (χ2v) is 6.36. The standard InChI is InChI=1S/C21H20N4O4/c1-3-28-21(26)20-16(12-27-2)19-15-9-14(29-11-13-5-4-8-23-25-13)6-7-17(15)24-18(19)10-22-20/h4-10,24H,3,11-12H2,1-2H3. The Hall–Kier alpha value is -3.52. The number of ether oxygens (including phenoxy) is 3. The van der Waals surface area contributed by atoms with E-state index >= 15 is 0 Å². The summed E-state index contributed by atoms with van der Waals surface area (Å²) in [6, 6.07) is 9.41. The normalized spacial score (nSPS) is 11.1. The van der Waals surface area contributed by atoms with Crippen LogP contribution in [0.25, 0.3) is 21.8 Å². The molecule has 0 amide bonds. The summed E-state index contributed by atoms with van der Waals surface area (Å²) < 4.78 is 16.4. The summed E-state index contributed by atoms with van der Waals surface area (Å²) in [5, 5.41) is 9.66. The van der Waals surface area contributed by atoms with Crippen LogP contribution in [0.2, 0.25) is 0 Å². The Bertz CT molecular complexity index is 1160. The largest absolute Gasteiger partial charge is 0.487 e. The molecule has 0 fully saturated rings. The van der Waals surface area contributed by atoms with Crippen LogP contribution in [0.4, 0.5) is 0 Å². The molecule has 0 unspecified atom stereocenters. The van der Waals surface area contributed by atoms with E-state index in [2.05, 4.69) is 20.2 Å². The number of nitrogens with one attached hydrogen (secondary N) is 1. The smallest absolute Gasteiger partial charge is 0.357 e. The molecular weight excluding hydrogens is 372 g/mol. The number of hydrogen-bond acceptors (Lipinski definition) is 7. The molecule has 0 aliphatic rings. The lowest BCUT2D eigenvalue weighted by molar-refractivity contribution is 0.0514. The molecule has 148 valence electrons. The van der Waals surface area contributed by atoms with Crippen LogP contribution in [0.1, 0.15) is 28.7 Å². The van der Waals surface area contributed by atoms with Gasteiger partial charge in [-0.2, -0.15) is 10.2 Å². The van der Waals surface area contributed by atoms with Gasteiger partial charge in [-0.05, 0) is 37.3 Å². The monoisotopic (exact) mass is 392 g/mol. The molecule has 3 aromatic heterocycles. The van der Waals surface area contributed by atoms with Crippen LogP contribution in [-0.2, 0) is 22.7 Å². The maximum atomic E-state index is 12.4. The number of rotatable bonds is 7. The van der Waals surface area contributed by atoms with E-state index in [-0.39, 0.29) is 18.9 Å². The predicted molar refractivity (Wildman–Crippen MR) is 107 cm³/mol. The first-order valence-electron chi connectivity index (χ1n) is 9.20. The Morgan fingerprint density at radius 2 is 2.07 bits per heavy atom. The number of pyridine rings is 1. The maximum Gasteiger partial charge on any atom is 0.357 e. The van der Waals surface area contributed by atoms with Crippen LogP contribution in [0.15, 0.2) is 42.7 Å². The first-order chi connectivity index (χ1) is 14.2. The van der Waals surface area contributed by atoms with Crippen molar-refractivity contribution in [2.24, 2.45) is 0 Å². The van der Waals surface area contributed by atoms with E-state index in [1.807, 2.05) is 30.3 Å². The average molecular weight is 392 g/mol. The van der Waals surface area contributed by atoms with E-state index in [0.29, 0.717) is 17.9 Å². The first kappa shape index (κ1) is 18.8. The highest BCUT2D eigenvalue weighted by atomic mass is 16.5. The van der Waals surface area contributed by atoms with E-state index in [0.717, 1.165) is 27.5 Å². The van der Waals surface area contributed by atoms with Gasteiger partial charge in [0.15, 0.2) is 5.69 Å². The van der Waals surface area contributed by atoms with Crippen molar-refractivity contribution in [3.05, 3.63) is 59.7 Å². The number of esters is 1. The molecule has 1 aromatic carbocycles. The van der Waals surface area contributed by atoms with Gasteiger partial charge in [-0.3, -0.25) is 0 Å². The summed E-state index contributed by atoms with van der Waals surface area (Å²) in [5.74, 6) is 0.216. The topological polar surface area (TPSA) is 99.2 Å². The molecule has 0 spiro atoms. The number of H-pyrrole nitrogens is 1. The molecular formula is C21H20N4O4. The molecule has 0 bridgehead atoms. The van der Waals surface area contributed by atoms with Gasteiger partial charge in [0.1, 0.15) is 18.1 Å². The molecule has 1 N–H and O–H groups in total. The van der Waals surface area contributed by atoms with Crippen LogP contribution in [0.5, 0.6) is 5.75 Å². The summed E-state index contributed by atoms with van der Waals surface area (Å²) in [6.45, 7) is 2.58. The van der Waals surface area contributed by atoms with Crippen molar-refractivity contribution in [3.8, 4) is 5.75 Å². The third-order valence-corrected chi connectivity index (χ3v) is 4.48. The number of carbonyl (C=O) groups is 1. The number of aromatic amines is 1.